The van der Waals surface area contributed by atoms with Crippen molar-refractivity contribution in [1.82, 2.24) is 10.2 Å². The van der Waals surface area contributed by atoms with Crippen LogP contribution in [0.1, 0.15) is 50.7 Å². The van der Waals surface area contributed by atoms with Crippen LogP contribution in [0.15, 0.2) is 42.5 Å². The number of nitrogens with zero attached hydrogens (tertiary/aromatic N) is 2. The summed E-state index contributed by atoms with van der Waals surface area (Å²) in [6.07, 6.45) is 2.74. The summed E-state index contributed by atoms with van der Waals surface area (Å²) in [5.74, 6) is -0.456. The Balaban J connectivity index is 2.23. The number of nitrogens with one attached hydrogen (secondary N) is 1. The normalized spacial score (nSPS) is 12.2. The van der Waals surface area contributed by atoms with Crippen molar-refractivity contribution in [1.29, 1.82) is 0 Å². The molecular formula is C26H35Cl2N3O4S. The Bertz CT molecular complexity index is 1160. The molecule has 0 fully saturated rings. The molecule has 0 aliphatic rings. The van der Waals surface area contributed by atoms with Crippen molar-refractivity contribution < 1.29 is 18.0 Å². The Kier molecular flexibility index (Phi) is 11.5. The van der Waals surface area contributed by atoms with Gasteiger partial charge in [0.2, 0.25) is 21.8 Å². The summed E-state index contributed by atoms with van der Waals surface area (Å²) in [6, 6.07) is 11.7. The molecule has 10 heteroatoms. The minimum absolute atomic E-state index is 0.0801. The summed E-state index contributed by atoms with van der Waals surface area (Å²) in [5.41, 5.74) is 2.24. The minimum Gasteiger partial charge on any atom is -0.354 e. The molecule has 2 amide bonds. The van der Waals surface area contributed by atoms with Crippen LogP contribution in [0.5, 0.6) is 0 Å². The zero-order valence-corrected chi connectivity index (χ0v) is 23.6. The Morgan fingerprint density at radius 3 is 2.36 bits per heavy atom. The number of hydrogen-bond acceptors (Lipinski definition) is 4. The summed E-state index contributed by atoms with van der Waals surface area (Å²) in [5, 5.41) is 3.65. The van der Waals surface area contributed by atoms with Gasteiger partial charge < -0.3 is 10.2 Å². The molecule has 0 aliphatic carbocycles. The van der Waals surface area contributed by atoms with Crippen LogP contribution >= 0.6 is 23.2 Å². The van der Waals surface area contributed by atoms with Gasteiger partial charge in [-0.3, -0.25) is 13.9 Å². The summed E-state index contributed by atoms with van der Waals surface area (Å²) in [7, 11) is -3.54. The summed E-state index contributed by atoms with van der Waals surface area (Å²) < 4.78 is 26.2. The molecule has 0 saturated carbocycles. The largest absolute Gasteiger partial charge is 0.354 e. The lowest BCUT2D eigenvalue weighted by molar-refractivity contribution is -0.141. The maximum Gasteiger partial charge on any atom is 0.242 e. The number of amides is 2. The van der Waals surface area contributed by atoms with Crippen LogP contribution in [0.3, 0.4) is 0 Å². The molecule has 198 valence electrons. The third-order valence-electron chi connectivity index (χ3n) is 5.71. The third kappa shape index (κ3) is 8.68. The van der Waals surface area contributed by atoms with Gasteiger partial charge in [-0.2, -0.15) is 0 Å². The van der Waals surface area contributed by atoms with Crippen LogP contribution in [0, 0.1) is 6.92 Å². The van der Waals surface area contributed by atoms with Gasteiger partial charge in [0.25, 0.3) is 0 Å². The fraction of sp³-hybridized carbons (Fsp3) is 0.462. The van der Waals surface area contributed by atoms with Crippen molar-refractivity contribution in [3.8, 4) is 0 Å². The van der Waals surface area contributed by atoms with Crippen LogP contribution in [0.25, 0.3) is 0 Å². The third-order valence-corrected chi connectivity index (χ3v) is 7.65. The number of sulfonamides is 1. The van der Waals surface area contributed by atoms with E-state index in [-0.39, 0.29) is 31.3 Å². The first-order chi connectivity index (χ1) is 17.0. The number of carbonyl (C=O) groups is 2. The summed E-state index contributed by atoms with van der Waals surface area (Å²) in [4.78, 5) is 27.8. The molecule has 1 N–H and O–H groups in total. The standard InChI is InChI=1S/C26H35Cl2N3O4S/c1-5-14-29-26(33)24(6-2)30(18-20-12-13-22(27)23(28)17-20)25(32)11-8-15-31(36(4,34)35)21-10-7-9-19(3)16-21/h7,9-10,12-13,16-17,24H,5-6,8,11,14-15,18H2,1-4H3,(H,29,33). The van der Waals surface area contributed by atoms with Gasteiger partial charge in [-0.1, -0.05) is 55.2 Å². The first kappa shape index (κ1) is 29.9. The molecular weight excluding hydrogens is 521 g/mol. The van der Waals surface area contributed by atoms with Crippen LogP contribution < -0.4 is 9.62 Å². The van der Waals surface area contributed by atoms with E-state index in [0.29, 0.717) is 35.1 Å². The molecule has 1 unspecified atom stereocenters. The van der Waals surface area contributed by atoms with Crippen LogP contribution in [-0.2, 0) is 26.2 Å². The molecule has 7 nitrogen and oxygen atoms in total. The summed E-state index contributed by atoms with van der Waals surface area (Å²) in [6.45, 7) is 6.55. The Morgan fingerprint density at radius 1 is 1.06 bits per heavy atom. The van der Waals surface area contributed by atoms with Gasteiger partial charge >= 0.3 is 0 Å². The van der Waals surface area contributed by atoms with Gasteiger partial charge in [0.05, 0.1) is 22.0 Å². The molecule has 0 heterocycles. The molecule has 2 aromatic carbocycles. The number of hydrogen-bond donors (Lipinski definition) is 1. The Hall–Kier alpha value is -2.29. The molecule has 0 spiro atoms. The van der Waals surface area contributed by atoms with Crippen molar-refractivity contribution >= 4 is 50.7 Å². The lowest BCUT2D eigenvalue weighted by Gasteiger charge is -2.31. The Morgan fingerprint density at radius 2 is 1.78 bits per heavy atom. The molecule has 2 rings (SSSR count). The van der Waals surface area contributed by atoms with Gasteiger partial charge in [0.15, 0.2) is 0 Å². The van der Waals surface area contributed by atoms with Crippen LogP contribution in [0.4, 0.5) is 5.69 Å². The fourth-order valence-electron chi connectivity index (χ4n) is 3.91. The van der Waals surface area contributed by atoms with E-state index < -0.39 is 16.1 Å². The minimum atomic E-state index is -3.54. The highest BCUT2D eigenvalue weighted by atomic mass is 35.5. The van der Waals surface area contributed by atoms with E-state index in [9.17, 15) is 18.0 Å². The number of halogens is 2. The lowest BCUT2D eigenvalue weighted by atomic mass is 10.1. The van der Waals surface area contributed by atoms with Crippen molar-refractivity contribution in [3.63, 3.8) is 0 Å². The number of benzene rings is 2. The molecule has 0 aliphatic heterocycles. The monoisotopic (exact) mass is 555 g/mol. The molecule has 0 bridgehead atoms. The second-order valence-electron chi connectivity index (χ2n) is 8.76. The number of anilines is 1. The smallest absolute Gasteiger partial charge is 0.242 e. The van der Waals surface area contributed by atoms with E-state index in [0.717, 1.165) is 23.8 Å². The topological polar surface area (TPSA) is 86.8 Å². The van der Waals surface area contributed by atoms with E-state index >= 15 is 0 Å². The maximum atomic E-state index is 13.4. The summed E-state index contributed by atoms with van der Waals surface area (Å²) >= 11 is 12.2. The molecule has 1 atom stereocenters. The highest BCUT2D eigenvalue weighted by molar-refractivity contribution is 7.92. The van der Waals surface area contributed by atoms with Gasteiger partial charge in [-0.25, -0.2) is 8.42 Å². The number of aryl methyl sites for hydroxylation is 1. The van der Waals surface area contributed by atoms with Crippen LogP contribution in [-0.4, -0.2) is 50.5 Å². The highest BCUT2D eigenvalue weighted by Gasteiger charge is 2.29. The van der Waals surface area contributed by atoms with E-state index in [1.165, 1.54) is 4.31 Å². The first-order valence-electron chi connectivity index (χ1n) is 12.0. The average Bonchev–Trinajstić information content (AvgIpc) is 2.81. The van der Waals surface area contributed by atoms with Crippen molar-refractivity contribution in [2.75, 3.05) is 23.7 Å². The van der Waals surface area contributed by atoms with E-state index in [1.807, 2.05) is 26.8 Å². The molecule has 2 aromatic rings. The predicted octanol–water partition coefficient (Wildman–Crippen LogP) is 5.18. The van der Waals surface area contributed by atoms with E-state index in [4.69, 9.17) is 23.2 Å². The van der Waals surface area contributed by atoms with E-state index in [1.54, 1.807) is 41.3 Å². The fourth-order valence-corrected chi connectivity index (χ4v) is 5.19. The van der Waals surface area contributed by atoms with Gasteiger partial charge in [-0.15, -0.1) is 0 Å². The molecule has 0 radical (unpaired) electrons. The molecule has 0 saturated heterocycles. The van der Waals surface area contributed by atoms with Gasteiger partial charge in [0, 0.05) is 26.1 Å². The average molecular weight is 557 g/mol. The SMILES string of the molecule is CCCNC(=O)C(CC)N(Cc1ccc(Cl)c(Cl)c1)C(=O)CCCN(c1cccc(C)c1)S(C)(=O)=O. The second kappa shape index (κ2) is 13.9. The molecule has 36 heavy (non-hydrogen) atoms. The zero-order valence-electron chi connectivity index (χ0n) is 21.3. The first-order valence-corrected chi connectivity index (χ1v) is 14.6. The van der Waals surface area contributed by atoms with Crippen molar-refractivity contribution in [2.45, 2.75) is 59.0 Å². The van der Waals surface area contributed by atoms with E-state index in [2.05, 4.69) is 5.32 Å². The maximum absolute atomic E-state index is 13.4. The van der Waals surface area contributed by atoms with Crippen molar-refractivity contribution in [2.24, 2.45) is 0 Å². The second-order valence-corrected chi connectivity index (χ2v) is 11.5. The highest BCUT2D eigenvalue weighted by Crippen LogP contribution is 2.25. The quantitative estimate of drug-likeness (QED) is 0.368. The lowest BCUT2D eigenvalue weighted by Crippen LogP contribution is -2.49. The van der Waals surface area contributed by atoms with Gasteiger partial charge in [-0.05, 0) is 61.6 Å². The zero-order chi connectivity index (χ0) is 26.9. The predicted molar refractivity (Wildman–Crippen MR) is 147 cm³/mol. The van der Waals surface area contributed by atoms with Gasteiger partial charge in [0.1, 0.15) is 6.04 Å². The number of carbonyl (C=O) groups excluding carboxylic acids is 2. The van der Waals surface area contributed by atoms with Crippen molar-refractivity contribution in [3.05, 3.63) is 63.6 Å². The Labute approximate surface area is 224 Å². The molecule has 0 aromatic heterocycles. The van der Waals surface area contributed by atoms with Crippen LogP contribution in [0.2, 0.25) is 10.0 Å². The number of rotatable bonds is 13.